The average Bonchev–Trinajstić information content (AvgIpc) is 2.50. The third-order valence-corrected chi connectivity index (χ3v) is 3.61. The van der Waals surface area contributed by atoms with E-state index in [-0.39, 0.29) is 17.8 Å². The lowest BCUT2D eigenvalue weighted by molar-refractivity contribution is -0.148. The van der Waals surface area contributed by atoms with Crippen LogP contribution in [-0.4, -0.2) is 18.4 Å². The second-order valence-corrected chi connectivity index (χ2v) is 4.90. The molecular weight excluding hydrogens is 204 g/mol. The van der Waals surface area contributed by atoms with Gasteiger partial charge in [0.05, 0.1) is 0 Å². The van der Waals surface area contributed by atoms with Gasteiger partial charge in [-0.15, -0.1) is 0 Å². The largest absolute Gasteiger partial charge is 0.455 e. The Morgan fingerprint density at radius 3 is 2.50 bits per heavy atom. The standard InChI is InChI=1S/C13H18O3/c1-5-11(15)16-9-10(14)13(4)8-6-7-12(13,2)3/h5-7H,1,8-9H2,2-4H3/t13-/m1/s1. The minimum atomic E-state index is -0.555. The van der Waals surface area contributed by atoms with Crippen LogP contribution in [0.25, 0.3) is 0 Å². The summed E-state index contributed by atoms with van der Waals surface area (Å²) in [6, 6.07) is 0. The zero-order valence-electron chi connectivity index (χ0n) is 10.1. The molecule has 3 heteroatoms. The van der Waals surface area contributed by atoms with Crippen LogP contribution in [-0.2, 0) is 14.3 Å². The molecule has 0 fully saturated rings. The van der Waals surface area contributed by atoms with Crippen LogP contribution in [0.3, 0.4) is 0 Å². The van der Waals surface area contributed by atoms with Gasteiger partial charge in [0.1, 0.15) is 0 Å². The van der Waals surface area contributed by atoms with Gasteiger partial charge in [0.15, 0.2) is 12.4 Å². The van der Waals surface area contributed by atoms with E-state index >= 15 is 0 Å². The van der Waals surface area contributed by atoms with Crippen molar-refractivity contribution in [2.75, 3.05) is 6.61 Å². The van der Waals surface area contributed by atoms with Crippen LogP contribution in [0.1, 0.15) is 27.2 Å². The van der Waals surface area contributed by atoms with Gasteiger partial charge in [-0.25, -0.2) is 4.79 Å². The van der Waals surface area contributed by atoms with Gasteiger partial charge in [0.25, 0.3) is 0 Å². The molecule has 0 aromatic carbocycles. The molecule has 3 nitrogen and oxygen atoms in total. The molecule has 1 aliphatic carbocycles. The molecule has 0 aromatic rings. The molecule has 88 valence electrons. The van der Waals surface area contributed by atoms with E-state index in [1.807, 2.05) is 32.9 Å². The fourth-order valence-electron chi connectivity index (χ4n) is 1.86. The Bertz CT molecular complexity index is 352. The predicted molar refractivity (Wildman–Crippen MR) is 61.8 cm³/mol. The summed E-state index contributed by atoms with van der Waals surface area (Å²) < 4.78 is 4.79. The van der Waals surface area contributed by atoms with Crippen molar-refractivity contribution in [3.63, 3.8) is 0 Å². The first-order valence-electron chi connectivity index (χ1n) is 5.34. The highest BCUT2D eigenvalue weighted by Gasteiger charge is 2.47. The quantitative estimate of drug-likeness (QED) is 0.416. The second-order valence-electron chi connectivity index (χ2n) is 4.90. The van der Waals surface area contributed by atoms with E-state index in [1.165, 1.54) is 0 Å². The molecule has 0 heterocycles. The summed E-state index contributed by atoms with van der Waals surface area (Å²) >= 11 is 0. The van der Waals surface area contributed by atoms with Crippen LogP contribution < -0.4 is 0 Å². The molecule has 0 radical (unpaired) electrons. The number of carbonyl (C=O) groups excluding carboxylic acids is 2. The molecule has 0 amide bonds. The SMILES string of the molecule is C=CC(=O)OCC(=O)[C@@]1(C)CC=CC1(C)C. The van der Waals surface area contributed by atoms with Crippen LogP contribution in [0.15, 0.2) is 24.8 Å². The van der Waals surface area contributed by atoms with Crippen LogP contribution >= 0.6 is 0 Å². The van der Waals surface area contributed by atoms with Gasteiger partial charge in [-0.1, -0.05) is 39.5 Å². The van der Waals surface area contributed by atoms with Gasteiger partial charge >= 0.3 is 5.97 Å². The summed E-state index contributed by atoms with van der Waals surface area (Å²) in [4.78, 5) is 22.9. The normalized spacial score (nSPS) is 26.4. The van der Waals surface area contributed by atoms with Crippen molar-refractivity contribution < 1.29 is 14.3 Å². The molecule has 1 atom stereocenters. The fourth-order valence-corrected chi connectivity index (χ4v) is 1.86. The van der Waals surface area contributed by atoms with Crippen molar-refractivity contribution in [1.29, 1.82) is 0 Å². The number of esters is 1. The molecule has 0 bridgehead atoms. The van der Waals surface area contributed by atoms with Crippen LogP contribution in [0, 0.1) is 10.8 Å². The maximum Gasteiger partial charge on any atom is 0.330 e. The number of carbonyl (C=O) groups is 2. The molecule has 16 heavy (non-hydrogen) atoms. The van der Waals surface area contributed by atoms with E-state index in [1.54, 1.807) is 0 Å². The summed E-state index contributed by atoms with van der Waals surface area (Å²) in [6.45, 7) is 9.06. The Balaban J connectivity index is 2.68. The van der Waals surface area contributed by atoms with Crippen LogP contribution in [0.5, 0.6) is 0 Å². The average molecular weight is 222 g/mol. The Hall–Kier alpha value is -1.38. The number of Topliss-reactive ketones (excluding diaryl/α,β-unsaturated/α-hetero) is 1. The molecule has 1 aliphatic rings. The maximum atomic E-state index is 12.1. The van der Waals surface area contributed by atoms with E-state index in [0.29, 0.717) is 6.42 Å². The summed E-state index contributed by atoms with van der Waals surface area (Å²) in [5.41, 5.74) is -0.668. The summed E-state index contributed by atoms with van der Waals surface area (Å²) in [7, 11) is 0. The van der Waals surface area contributed by atoms with Gasteiger partial charge in [-0.3, -0.25) is 4.79 Å². The lowest BCUT2D eigenvalue weighted by Gasteiger charge is -2.36. The Kier molecular flexibility index (Phi) is 3.36. The highest BCUT2D eigenvalue weighted by Crippen LogP contribution is 2.48. The zero-order chi connectivity index (χ0) is 12.4. The third-order valence-electron chi connectivity index (χ3n) is 3.61. The monoisotopic (exact) mass is 222 g/mol. The van der Waals surface area contributed by atoms with Crippen molar-refractivity contribution in [3.8, 4) is 0 Å². The Labute approximate surface area is 96.2 Å². The number of ketones is 1. The molecule has 0 aliphatic heterocycles. The third kappa shape index (κ3) is 2.08. The van der Waals surface area contributed by atoms with Crippen molar-refractivity contribution >= 4 is 11.8 Å². The smallest absolute Gasteiger partial charge is 0.330 e. The van der Waals surface area contributed by atoms with Gasteiger partial charge in [0, 0.05) is 11.5 Å². The topological polar surface area (TPSA) is 43.4 Å². The van der Waals surface area contributed by atoms with Gasteiger partial charge in [-0.2, -0.15) is 0 Å². The van der Waals surface area contributed by atoms with Crippen LogP contribution in [0.4, 0.5) is 0 Å². The first-order valence-corrected chi connectivity index (χ1v) is 5.34. The Morgan fingerprint density at radius 1 is 1.44 bits per heavy atom. The zero-order valence-corrected chi connectivity index (χ0v) is 10.1. The van der Waals surface area contributed by atoms with Crippen molar-refractivity contribution in [2.24, 2.45) is 10.8 Å². The summed E-state index contributed by atoms with van der Waals surface area (Å²) in [5.74, 6) is -0.599. The number of hydrogen-bond acceptors (Lipinski definition) is 3. The van der Waals surface area contributed by atoms with E-state index in [9.17, 15) is 9.59 Å². The minimum absolute atomic E-state index is 0.0438. The van der Waals surface area contributed by atoms with E-state index < -0.39 is 11.4 Å². The second kappa shape index (κ2) is 4.24. The van der Waals surface area contributed by atoms with Crippen molar-refractivity contribution in [1.82, 2.24) is 0 Å². The number of ether oxygens (including phenoxy) is 1. The molecule has 0 spiro atoms. The highest BCUT2D eigenvalue weighted by molar-refractivity contribution is 5.90. The molecule has 0 saturated heterocycles. The van der Waals surface area contributed by atoms with Gasteiger partial charge in [-0.05, 0) is 11.8 Å². The maximum absolute atomic E-state index is 12.1. The van der Waals surface area contributed by atoms with Gasteiger partial charge in [0.2, 0.25) is 0 Å². The molecule has 0 saturated carbocycles. The predicted octanol–water partition coefficient (Wildman–Crippen LogP) is 2.28. The molecule has 0 aromatic heterocycles. The molecule has 0 N–H and O–H groups in total. The van der Waals surface area contributed by atoms with Crippen molar-refractivity contribution in [3.05, 3.63) is 24.8 Å². The number of allylic oxidation sites excluding steroid dienone is 2. The summed E-state index contributed by atoms with van der Waals surface area (Å²) in [6.07, 6.45) is 5.81. The minimum Gasteiger partial charge on any atom is -0.455 e. The summed E-state index contributed by atoms with van der Waals surface area (Å²) in [5, 5.41) is 0. The molecule has 0 unspecified atom stereocenters. The lowest BCUT2D eigenvalue weighted by Crippen LogP contribution is -2.40. The first-order chi connectivity index (χ1) is 7.33. The Morgan fingerprint density at radius 2 is 2.06 bits per heavy atom. The van der Waals surface area contributed by atoms with Gasteiger partial charge < -0.3 is 4.74 Å². The molecule has 1 rings (SSSR count). The lowest BCUT2D eigenvalue weighted by atomic mass is 9.66. The van der Waals surface area contributed by atoms with Crippen molar-refractivity contribution in [2.45, 2.75) is 27.2 Å². The molecular formula is C13H18O3. The van der Waals surface area contributed by atoms with Crippen LogP contribution in [0.2, 0.25) is 0 Å². The van der Waals surface area contributed by atoms with E-state index in [4.69, 9.17) is 4.74 Å². The number of hydrogen-bond donors (Lipinski definition) is 0. The highest BCUT2D eigenvalue weighted by atomic mass is 16.5. The number of rotatable bonds is 4. The first kappa shape index (κ1) is 12.7. The van der Waals surface area contributed by atoms with E-state index in [0.717, 1.165) is 6.08 Å². The van der Waals surface area contributed by atoms with E-state index in [2.05, 4.69) is 6.58 Å². The fraction of sp³-hybridized carbons (Fsp3) is 0.538.